The third-order valence-corrected chi connectivity index (χ3v) is 7.31. The number of fused-ring (bicyclic) bond motifs is 3. The number of hydrogen-bond acceptors (Lipinski definition) is 4. The highest BCUT2D eigenvalue weighted by Crippen LogP contribution is 2.62. The van der Waals surface area contributed by atoms with E-state index in [0.29, 0.717) is 24.4 Å². The number of ketones is 2. The molecule has 0 amide bonds. The van der Waals surface area contributed by atoms with Crippen LogP contribution in [0.25, 0.3) is 0 Å². The summed E-state index contributed by atoms with van der Waals surface area (Å²) < 4.78 is 12.2. The second kappa shape index (κ2) is 4.99. The van der Waals surface area contributed by atoms with Crippen molar-refractivity contribution in [2.24, 2.45) is 22.7 Å². The van der Waals surface area contributed by atoms with Gasteiger partial charge >= 0.3 is 0 Å². The highest BCUT2D eigenvalue weighted by Gasteiger charge is 2.64. The van der Waals surface area contributed by atoms with Gasteiger partial charge in [0.25, 0.3) is 5.95 Å². The lowest BCUT2D eigenvalue weighted by atomic mass is 9.45. The standard InChI is InChI=1S/C21H28O4/c1-12-10-14(22)13-11-16-20(4,25-18(13)24-12)9-6-15-19(2,3)8-7-17(23)21(15,16)5/h7-8,12,15-16H,6,9-11H2,1-5H3. The molecule has 0 bridgehead atoms. The first-order valence-corrected chi connectivity index (χ1v) is 9.43. The van der Waals surface area contributed by atoms with Gasteiger partial charge in [-0.05, 0) is 50.5 Å². The van der Waals surface area contributed by atoms with E-state index in [0.717, 1.165) is 12.8 Å². The van der Waals surface area contributed by atoms with Crippen molar-refractivity contribution in [2.45, 2.75) is 72.0 Å². The fourth-order valence-corrected chi connectivity index (χ4v) is 5.90. The van der Waals surface area contributed by atoms with Gasteiger partial charge in [0.2, 0.25) is 0 Å². The van der Waals surface area contributed by atoms with E-state index in [1.807, 2.05) is 6.92 Å². The second-order valence-corrected chi connectivity index (χ2v) is 9.39. The molecule has 1 fully saturated rings. The quantitative estimate of drug-likeness (QED) is 0.667. The molecular weight excluding hydrogens is 316 g/mol. The van der Waals surface area contributed by atoms with Crippen molar-refractivity contribution in [1.29, 1.82) is 0 Å². The Hall–Kier alpha value is -1.58. The molecule has 0 aromatic heterocycles. The smallest absolute Gasteiger partial charge is 0.286 e. The number of ether oxygens (including phenoxy) is 2. The van der Waals surface area contributed by atoms with Crippen molar-refractivity contribution in [1.82, 2.24) is 0 Å². The summed E-state index contributed by atoms with van der Waals surface area (Å²) in [5, 5.41) is 0. The van der Waals surface area contributed by atoms with Crippen LogP contribution in [0.3, 0.4) is 0 Å². The molecule has 5 atom stereocenters. The first-order valence-electron chi connectivity index (χ1n) is 9.43. The molecular formula is C21H28O4. The molecule has 0 spiro atoms. The SMILES string of the molecule is CC1CC(=O)C2=C(O1)OC1(C)CCC3C(C)(C)C=CC(=O)C3(C)C1C2. The Morgan fingerprint density at radius 2 is 1.80 bits per heavy atom. The Morgan fingerprint density at radius 1 is 1.08 bits per heavy atom. The van der Waals surface area contributed by atoms with E-state index in [1.165, 1.54) is 0 Å². The van der Waals surface area contributed by atoms with E-state index in [9.17, 15) is 9.59 Å². The second-order valence-electron chi connectivity index (χ2n) is 9.39. The Morgan fingerprint density at radius 3 is 2.52 bits per heavy atom. The van der Waals surface area contributed by atoms with Gasteiger partial charge in [0.05, 0.1) is 5.57 Å². The molecule has 4 aliphatic rings. The maximum Gasteiger partial charge on any atom is 0.286 e. The molecule has 0 N–H and O–H groups in total. The highest BCUT2D eigenvalue weighted by molar-refractivity contribution is 5.98. The number of Topliss-reactive ketones (excluding diaryl/α,β-unsaturated/α-hetero) is 1. The van der Waals surface area contributed by atoms with Crippen LogP contribution in [0.5, 0.6) is 0 Å². The van der Waals surface area contributed by atoms with Gasteiger partial charge in [0, 0.05) is 17.8 Å². The Balaban J connectivity index is 1.81. The van der Waals surface area contributed by atoms with Crippen molar-refractivity contribution in [3.05, 3.63) is 23.7 Å². The third kappa shape index (κ3) is 2.18. The molecule has 4 rings (SSSR count). The van der Waals surface area contributed by atoms with Gasteiger partial charge < -0.3 is 9.47 Å². The molecule has 2 aliphatic heterocycles. The van der Waals surface area contributed by atoms with Gasteiger partial charge in [0.15, 0.2) is 11.6 Å². The highest BCUT2D eigenvalue weighted by atomic mass is 16.7. The average Bonchev–Trinajstić information content (AvgIpc) is 2.49. The zero-order valence-electron chi connectivity index (χ0n) is 15.8. The molecule has 2 heterocycles. The summed E-state index contributed by atoms with van der Waals surface area (Å²) in [5.41, 5.74) is -0.339. The van der Waals surface area contributed by atoms with Crippen LogP contribution in [0, 0.1) is 22.7 Å². The molecule has 25 heavy (non-hydrogen) atoms. The summed E-state index contributed by atoms with van der Waals surface area (Å²) in [6.45, 7) is 10.5. The van der Waals surface area contributed by atoms with Crippen LogP contribution >= 0.6 is 0 Å². The van der Waals surface area contributed by atoms with Crippen LogP contribution in [0.15, 0.2) is 23.7 Å². The maximum absolute atomic E-state index is 13.1. The molecule has 4 nitrogen and oxygen atoms in total. The number of allylic oxidation sites excluding steroid dienone is 3. The van der Waals surface area contributed by atoms with E-state index >= 15 is 0 Å². The number of carbonyl (C=O) groups is 2. The van der Waals surface area contributed by atoms with Crippen molar-refractivity contribution in [3.8, 4) is 0 Å². The fraction of sp³-hybridized carbons (Fsp3) is 0.714. The minimum Gasteiger partial charge on any atom is -0.462 e. The lowest BCUT2D eigenvalue weighted by molar-refractivity contribution is -0.201. The van der Waals surface area contributed by atoms with E-state index in [2.05, 4.69) is 33.8 Å². The van der Waals surface area contributed by atoms with Gasteiger partial charge in [-0.1, -0.05) is 26.8 Å². The van der Waals surface area contributed by atoms with E-state index in [1.54, 1.807) is 6.08 Å². The lowest BCUT2D eigenvalue weighted by Gasteiger charge is -2.60. The van der Waals surface area contributed by atoms with Crippen LogP contribution in [-0.2, 0) is 19.1 Å². The van der Waals surface area contributed by atoms with Crippen LogP contribution in [0.1, 0.15) is 60.3 Å². The molecule has 5 unspecified atom stereocenters. The summed E-state index contributed by atoms with van der Waals surface area (Å²) in [4.78, 5) is 25.6. The van der Waals surface area contributed by atoms with Gasteiger partial charge in [-0.2, -0.15) is 0 Å². The topological polar surface area (TPSA) is 52.6 Å². The zero-order valence-corrected chi connectivity index (χ0v) is 15.8. The number of hydrogen-bond donors (Lipinski definition) is 0. The maximum atomic E-state index is 13.1. The third-order valence-electron chi connectivity index (χ3n) is 7.31. The Kier molecular flexibility index (Phi) is 3.36. The van der Waals surface area contributed by atoms with E-state index in [-0.39, 0.29) is 34.9 Å². The summed E-state index contributed by atoms with van der Waals surface area (Å²) in [6.07, 6.45) is 6.48. The summed E-state index contributed by atoms with van der Waals surface area (Å²) in [7, 11) is 0. The van der Waals surface area contributed by atoms with Gasteiger partial charge in [-0.25, -0.2) is 0 Å². The van der Waals surface area contributed by atoms with Crippen LogP contribution in [-0.4, -0.2) is 23.3 Å². The zero-order chi connectivity index (χ0) is 18.2. The van der Waals surface area contributed by atoms with E-state index in [4.69, 9.17) is 9.47 Å². The Bertz CT molecular complexity index is 715. The van der Waals surface area contributed by atoms with Crippen molar-refractivity contribution in [2.75, 3.05) is 0 Å². The minimum absolute atomic E-state index is 0.00446. The largest absolute Gasteiger partial charge is 0.462 e. The Labute approximate surface area is 149 Å². The lowest BCUT2D eigenvalue weighted by Crippen LogP contribution is -2.62. The monoisotopic (exact) mass is 344 g/mol. The molecule has 0 radical (unpaired) electrons. The van der Waals surface area contributed by atoms with Gasteiger partial charge in [0.1, 0.15) is 11.7 Å². The first kappa shape index (κ1) is 16.9. The summed E-state index contributed by atoms with van der Waals surface area (Å²) in [6, 6.07) is 0. The van der Waals surface area contributed by atoms with Crippen molar-refractivity contribution >= 4 is 11.6 Å². The first-order chi connectivity index (χ1) is 11.6. The number of rotatable bonds is 0. The molecule has 1 saturated carbocycles. The molecule has 0 aromatic carbocycles. The van der Waals surface area contributed by atoms with E-state index < -0.39 is 11.0 Å². The molecule has 0 aromatic rings. The number of carbonyl (C=O) groups excluding carboxylic acids is 2. The predicted octanol–water partition coefficient (Wildman–Crippen LogP) is 3.95. The molecule has 2 aliphatic carbocycles. The minimum atomic E-state index is -0.507. The van der Waals surface area contributed by atoms with Gasteiger partial charge in [-0.3, -0.25) is 9.59 Å². The van der Waals surface area contributed by atoms with Crippen LogP contribution < -0.4 is 0 Å². The van der Waals surface area contributed by atoms with Crippen LogP contribution in [0.4, 0.5) is 0 Å². The average molecular weight is 344 g/mol. The van der Waals surface area contributed by atoms with Gasteiger partial charge in [-0.15, -0.1) is 0 Å². The normalized spacial score (nSPS) is 45.1. The summed E-state index contributed by atoms with van der Waals surface area (Å²) >= 11 is 0. The van der Waals surface area contributed by atoms with Crippen molar-refractivity contribution in [3.63, 3.8) is 0 Å². The predicted molar refractivity (Wildman–Crippen MR) is 93.6 cm³/mol. The van der Waals surface area contributed by atoms with Crippen LogP contribution in [0.2, 0.25) is 0 Å². The fourth-order valence-electron chi connectivity index (χ4n) is 5.90. The molecule has 0 saturated heterocycles. The van der Waals surface area contributed by atoms with Crippen molar-refractivity contribution < 1.29 is 19.1 Å². The summed E-state index contributed by atoms with van der Waals surface area (Å²) in [5.74, 6) is 0.968. The molecule has 136 valence electrons. The molecule has 4 heteroatoms.